The van der Waals surface area contributed by atoms with Crippen LogP contribution < -0.4 is 10.6 Å². The summed E-state index contributed by atoms with van der Waals surface area (Å²) < 4.78 is 0. The van der Waals surface area contributed by atoms with Gasteiger partial charge >= 0.3 is 0 Å². The fourth-order valence-electron chi connectivity index (χ4n) is 1.67. The molecule has 1 amide bonds. The lowest BCUT2D eigenvalue weighted by Crippen LogP contribution is -2.41. The van der Waals surface area contributed by atoms with Crippen LogP contribution >= 0.6 is 23.2 Å². The molecule has 0 bridgehead atoms. The Morgan fingerprint density at radius 2 is 1.68 bits per heavy atom. The number of hydrogen-bond donors (Lipinski definition) is 2. The lowest BCUT2D eigenvalue weighted by atomic mass is 10.1. The van der Waals surface area contributed by atoms with E-state index < -0.39 is 0 Å². The monoisotopic (exact) mass is 338 g/mol. The number of hydrogen-bond acceptors (Lipinski definition) is 4. The fraction of sp³-hybridized carbons (Fsp3) is 0.267. The molecule has 5 nitrogen and oxygen atoms in total. The van der Waals surface area contributed by atoms with Crippen LogP contribution in [0.25, 0.3) is 0 Å². The van der Waals surface area contributed by atoms with Crippen molar-refractivity contribution in [2.75, 3.05) is 5.32 Å². The van der Waals surface area contributed by atoms with Crippen molar-refractivity contribution in [1.29, 1.82) is 0 Å². The van der Waals surface area contributed by atoms with Gasteiger partial charge in [-0.15, -0.1) is 10.2 Å². The zero-order valence-electron chi connectivity index (χ0n) is 12.4. The van der Waals surface area contributed by atoms with Gasteiger partial charge in [0, 0.05) is 5.54 Å². The first kappa shape index (κ1) is 16.5. The van der Waals surface area contributed by atoms with Crippen LogP contribution in [-0.4, -0.2) is 21.6 Å². The molecule has 7 heteroatoms. The molecule has 0 spiro atoms. The van der Waals surface area contributed by atoms with Crippen molar-refractivity contribution in [3.05, 3.63) is 46.1 Å². The van der Waals surface area contributed by atoms with Gasteiger partial charge in [0.2, 0.25) is 0 Å². The summed E-state index contributed by atoms with van der Waals surface area (Å²) in [5.74, 6) is 0.171. The molecule has 1 aromatic heterocycles. The maximum absolute atomic E-state index is 12.0. The summed E-state index contributed by atoms with van der Waals surface area (Å²) in [6.45, 7) is 5.69. The highest BCUT2D eigenvalue weighted by atomic mass is 35.5. The highest BCUT2D eigenvalue weighted by molar-refractivity contribution is 6.39. The fourth-order valence-corrected chi connectivity index (χ4v) is 2.16. The average molecular weight is 339 g/mol. The van der Waals surface area contributed by atoms with Crippen LogP contribution in [0.2, 0.25) is 10.0 Å². The second-order valence-corrected chi connectivity index (χ2v) is 6.54. The van der Waals surface area contributed by atoms with Crippen LogP contribution in [0, 0.1) is 0 Å². The zero-order chi connectivity index (χ0) is 16.3. The van der Waals surface area contributed by atoms with Crippen molar-refractivity contribution in [2.45, 2.75) is 26.3 Å². The molecule has 0 saturated carbocycles. The molecule has 1 heterocycles. The summed E-state index contributed by atoms with van der Waals surface area (Å²) in [6.07, 6.45) is 0. The Morgan fingerprint density at radius 3 is 2.18 bits per heavy atom. The van der Waals surface area contributed by atoms with Crippen LogP contribution in [-0.2, 0) is 0 Å². The van der Waals surface area contributed by atoms with E-state index in [-0.39, 0.29) is 17.1 Å². The summed E-state index contributed by atoms with van der Waals surface area (Å²) in [4.78, 5) is 12.0. The quantitative estimate of drug-likeness (QED) is 0.885. The van der Waals surface area contributed by atoms with Gasteiger partial charge in [-0.25, -0.2) is 0 Å². The van der Waals surface area contributed by atoms with Crippen LogP contribution in [0.5, 0.6) is 0 Å². The molecule has 0 aliphatic rings. The largest absolute Gasteiger partial charge is 0.346 e. The molecule has 2 aromatic rings. The molecule has 0 atom stereocenters. The smallest absolute Gasteiger partial charge is 0.272 e. The number of benzene rings is 1. The minimum atomic E-state index is -0.333. The molecule has 0 fully saturated rings. The maximum atomic E-state index is 12.0. The van der Waals surface area contributed by atoms with E-state index in [1.165, 1.54) is 0 Å². The van der Waals surface area contributed by atoms with Crippen LogP contribution in [0.3, 0.4) is 0 Å². The Hall–Kier alpha value is -1.85. The molecule has 2 rings (SSSR count). The standard InChI is InChI=1S/C15H16Cl2N4O/c1-15(2,3)19-14(22)11-7-8-12(21-20-11)18-13-9(16)5-4-6-10(13)17/h4-8H,1-3H3,(H,18,21)(H,19,22). The molecular weight excluding hydrogens is 323 g/mol. The third-order valence-corrected chi connectivity index (χ3v) is 3.23. The number of nitrogens with one attached hydrogen (secondary N) is 2. The molecule has 1 aromatic carbocycles. The highest BCUT2D eigenvalue weighted by Gasteiger charge is 2.16. The molecule has 0 saturated heterocycles. The molecule has 0 aliphatic carbocycles. The summed E-state index contributed by atoms with van der Waals surface area (Å²) in [5.41, 5.74) is 0.457. The van der Waals surface area contributed by atoms with Gasteiger partial charge in [0.25, 0.3) is 5.91 Å². The Bertz CT molecular complexity index is 661. The molecule has 2 N–H and O–H groups in total. The second-order valence-electron chi connectivity index (χ2n) is 5.73. The molecule has 0 unspecified atom stereocenters. The zero-order valence-corrected chi connectivity index (χ0v) is 14.0. The number of rotatable bonds is 3. The number of carbonyl (C=O) groups excluding carboxylic acids is 1. The number of carbonyl (C=O) groups is 1. The number of nitrogens with zero attached hydrogens (tertiary/aromatic N) is 2. The lowest BCUT2D eigenvalue weighted by Gasteiger charge is -2.19. The van der Waals surface area contributed by atoms with Gasteiger partial charge in [-0.1, -0.05) is 29.3 Å². The summed E-state index contributed by atoms with van der Waals surface area (Å²) in [5, 5.41) is 14.6. The summed E-state index contributed by atoms with van der Waals surface area (Å²) >= 11 is 12.1. The minimum absolute atomic E-state index is 0.241. The molecule has 0 aliphatic heterocycles. The van der Waals surface area contributed by atoms with Crippen LogP contribution in [0.4, 0.5) is 11.5 Å². The van der Waals surface area contributed by atoms with Crippen molar-refractivity contribution in [2.24, 2.45) is 0 Å². The van der Waals surface area contributed by atoms with E-state index >= 15 is 0 Å². The van der Waals surface area contributed by atoms with Gasteiger partial charge in [0.05, 0.1) is 15.7 Å². The topological polar surface area (TPSA) is 66.9 Å². The van der Waals surface area contributed by atoms with Gasteiger partial charge in [0.1, 0.15) is 0 Å². The average Bonchev–Trinajstić information content (AvgIpc) is 2.42. The Labute approximate surface area is 139 Å². The third-order valence-electron chi connectivity index (χ3n) is 2.60. The van der Waals surface area contributed by atoms with E-state index in [9.17, 15) is 4.79 Å². The van der Waals surface area contributed by atoms with Crippen molar-refractivity contribution in [3.63, 3.8) is 0 Å². The number of amides is 1. The van der Waals surface area contributed by atoms with Gasteiger partial charge in [-0.2, -0.15) is 0 Å². The third kappa shape index (κ3) is 4.32. The molecule has 116 valence electrons. The molecule has 0 radical (unpaired) electrons. The van der Waals surface area contributed by atoms with Crippen molar-refractivity contribution < 1.29 is 4.79 Å². The van der Waals surface area contributed by atoms with Crippen molar-refractivity contribution in [3.8, 4) is 0 Å². The minimum Gasteiger partial charge on any atom is -0.346 e. The molecule has 22 heavy (non-hydrogen) atoms. The Balaban J connectivity index is 2.14. The lowest BCUT2D eigenvalue weighted by molar-refractivity contribution is 0.0913. The van der Waals surface area contributed by atoms with Crippen LogP contribution in [0.1, 0.15) is 31.3 Å². The van der Waals surface area contributed by atoms with E-state index in [1.807, 2.05) is 20.8 Å². The van der Waals surface area contributed by atoms with Gasteiger partial charge < -0.3 is 10.6 Å². The van der Waals surface area contributed by atoms with Crippen molar-refractivity contribution >= 4 is 40.6 Å². The maximum Gasteiger partial charge on any atom is 0.272 e. The second kappa shape index (κ2) is 6.50. The van der Waals surface area contributed by atoms with E-state index in [1.54, 1.807) is 30.3 Å². The summed E-state index contributed by atoms with van der Waals surface area (Å²) in [7, 11) is 0. The Morgan fingerprint density at radius 1 is 1.05 bits per heavy atom. The van der Waals surface area contributed by atoms with Crippen LogP contribution in [0.15, 0.2) is 30.3 Å². The van der Waals surface area contributed by atoms with Crippen molar-refractivity contribution in [1.82, 2.24) is 15.5 Å². The normalized spacial score (nSPS) is 11.1. The predicted molar refractivity (Wildman–Crippen MR) is 89.0 cm³/mol. The van der Waals surface area contributed by atoms with Gasteiger partial charge in [-0.05, 0) is 45.0 Å². The summed E-state index contributed by atoms with van der Waals surface area (Å²) in [6, 6.07) is 8.41. The van der Waals surface area contributed by atoms with E-state index in [0.29, 0.717) is 21.6 Å². The predicted octanol–water partition coefficient (Wildman–Crippen LogP) is 4.06. The van der Waals surface area contributed by atoms with Gasteiger partial charge in [0.15, 0.2) is 11.5 Å². The van der Waals surface area contributed by atoms with E-state index in [0.717, 1.165) is 0 Å². The van der Waals surface area contributed by atoms with E-state index in [2.05, 4.69) is 20.8 Å². The first-order valence-corrected chi connectivity index (χ1v) is 7.39. The van der Waals surface area contributed by atoms with E-state index in [4.69, 9.17) is 23.2 Å². The molecular formula is C15H16Cl2N4O. The first-order chi connectivity index (χ1) is 10.3. The van der Waals surface area contributed by atoms with Gasteiger partial charge in [-0.3, -0.25) is 4.79 Å². The Kier molecular flexibility index (Phi) is 4.88. The first-order valence-electron chi connectivity index (χ1n) is 6.63. The SMILES string of the molecule is CC(C)(C)NC(=O)c1ccc(Nc2c(Cl)cccc2Cl)nn1. The highest BCUT2D eigenvalue weighted by Crippen LogP contribution is 2.31. The number of para-hydroxylation sites is 1. The number of aromatic nitrogens is 2. The number of halogens is 2. The number of anilines is 2.